The van der Waals surface area contributed by atoms with Gasteiger partial charge in [0, 0.05) is 18.7 Å². The van der Waals surface area contributed by atoms with E-state index in [4.69, 9.17) is 0 Å². The monoisotopic (exact) mass is 358 g/mol. The largest absolute Gasteiger partial charge is 0.334 e. The first-order valence-corrected chi connectivity index (χ1v) is 10.3. The normalized spacial score (nSPS) is 23.2. The van der Waals surface area contributed by atoms with Crippen molar-refractivity contribution in [3.05, 3.63) is 30.1 Å². The maximum Gasteiger partial charge on any atom is 0.223 e. The van der Waals surface area contributed by atoms with Crippen molar-refractivity contribution in [1.29, 1.82) is 0 Å². The Bertz CT molecular complexity index is 536. The quantitative estimate of drug-likeness (QED) is 0.821. The van der Waals surface area contributed by atoms with E-state index in [-0.39, 0.29) is 0 Å². The molecule has 3 rings (SSSR count). The summed E-state index contributed by atoms with van der Waals surface area (Å²) in [7, 11) is 0. The SMILES string of the molecule is CC(CC(=O)N(Cc1ccccn1)C1CCCNCC1)C1CCNCC1. The Morgan fingerprint density at radius 3 is 2.69 bits per heavy atom. The summed E-state index contributed by atoms with van der Waals surface area (Å²) in [6, 6.07) is 6.31. The highest BCUT2D eigenvalue weighted by atomic mass is 16.2. The molecule has 0 bridgehead atoms. The standard InChI is InChI=1S/C21H34N4O/c1-17(18-7-12-23-13-8-18)15-21(26)25(16-19-5-2-3-11-24-19)20-6-4-10-22-14-9-20/h2-3,5,11,17-18,20,22-23H,4,6-10,12-16H2,1H3. The van der Waals surface area contributed by atoms with Crippen molar-refractivity contribution < 1.29 is 4.79 Å². The molecule has 2 aliphatic rings. The summed E-state index contributed by atoms with van der Waals surface area (Å²) < 4.78 is 0. The number of carbonyl (C=O) groups excluding carboxylic acids is 1. The maximum atomic E-state index is 13.3. The number of pyridine rings is 1. The van der Waals surface area contributed by atoms with Gasteiger partial charge >= 0.3 is 0 Å². The van der Waals surface area contributed by atoms with Gasteiger partial charge in [-0.15, -0.1) is 0 Å². The lowest BCUT2D eigenvalue weighted by Crippen LogP contribution is -2.42. The van der Waals surface area contributed by atoms with Gasteiger partial charge in [-0.2, -0.15) is 0 Å². The Kier molecular flexibility index (Phi) is 7.44. The molecule has 5 nitrogen and oxygen atoms in total. The molecule has 1 aromatic rings. The van der Waals surface area contributed by atoms with E-state index >= 15 is 0 Å². The van der Waals surface area contributed by atoms with Crippen molar-refractivity contribution in [2.45, 2.75) is 58.0 Å². The summed E-state index contributed by atoms with van der Waals surface area (Å²) in [6.07, 6.45) is 8.16. The van der Waals surface area contributed by atoms with E-state index < -0.39 is 0 Å². The minimum Gasteiger partial charge on any atom is -0.334 e. The molecule has 2 aliphatic heterocycles. The smallest absolute Gasteiger partial charge is 0.223 e. The molecule has 0 aromatic carbocycles. The predicted molar refractivity (Wildman–Crippen MR) is 105 cm³/mol. The number of carbonyl (C=O) groups is 1. The van der Waals surface area contributed by atoms with Crippen LogP contribution in [0.5, 0.6) is 0 Å². The lowest BCUT2D eigenvalue weighted by molar-refractivity contribution is -0.136. The highest BCUT2D eigenvalue weighted by Gasteiger charge is 2.28. The van der Waals surface area contributed by atoms with Crippen LogP contribution < -0.4 is 10.6 Å². The molecule has 1 aromatic heterocycles. The second kappa shape index (κ2) is 10.0. The highest BCUT2D eigenvalue weighted by molar-refractivity contribution is 5.76. The fourth-order valence-corrected chi connectivity index (χ4v) is 4.37. The number of aromatic nitrogens is 1. The molecule has 5 heteroatoms. The van der Waals surface area contributed by atoms with Crippen LogP contribution in [0, 0.1) is 11.8 Å². The minimum atomic E-state index is 0.314. The summed E-state index contributed by atoms with van der Waals surface area (Å²) in [5, 5.41) is 6.89. The average Bonchev–Trinajstić information content (AvgIpc) is 2.97. The zero-order valence-corrected chi connectivity index (χ0v) is 16.1. The molecule has 2 fully saturated rings. The lowest BCUT2D eigenvalue weighted by atomic mass is 9.83. The third-order valence-electron chi connectivity index (χ3n) is 6.05. The number of amides is 1. The summed E-state index contributed by atoms with van der Waals surface area (Å²) >= 11 is 0. The van der Waals surface area contributed by atoms with Crippen LogP contribution in [0.3, 0.4) is 0 Å². The third-order valence-corrected chi connectivity index (χ3v) is 6.05. The Labute approximate surface area is 157 Å². The molecule has 2 N–H and O–H groups in total. The van der Waals surface area contributed by atoms with Crippen molar-refractivity contribution in [3.63, 3.8) is 0 Å². The third kappa shape index (κ3) is 5.52. The van der Waals surface area contributed by atoms with E-state index in [1.807, 2.05) is 24.4 Å². The van der Waals surface area contributed by atoms with Crippen LogP contribution >= 0.6 is 0 Å². The van der Waals surface area contributed by atoms with Crippen LogP contribution in [0.4, 0.5) is 0 Å². The number of nitrogens with one attached hydrogen (secondary N) is 2. The van der Waals surface area contributed by atoms with Gasteiger partial charge in [0.25, 0.3) is 0 Å². The zero-order chi connectivity index (χ0) is 18.2. The first-order valence-electron chi connectivity index (χ1n) is 10.3. The van der Waals surface area contributed by atoms with Gasteiger partial charge in [0.05, 0.1) is 12.2 Å². The Morgan fingerprint density at radius 1 is 1.15 bits per heavy atom. The number of rotatable bonds is 6. The molecule has 26 heavy (non-hydrogen) atoms. The molecule has 144 valence electrons. The molecule has 3 heterocycles. The fourth-order valence-electron chi connectivity index (χ4n) is 4.37. The van der Waals surface area contributed by atoms with Gasteiger partial charge in [-0.1, -0.05) is 13.0 Å². The summed E-state index contributed by atoms with van der Waals surface area (Å²) in [5.41, 5.74) is 0.993. The molecule has 0 saturated carbocycles. The molecule has 2 atom stereocenters. The second-order valence-electron chi connectivity index (χ2n) is 7.95. The summed E-state index contributed by atoms with van der Waals surface area (Å²) in [6.45, 7) is 7.16. The van der Waals surface area contributed by atoms with Gasteiger partial charge in [-0.25, -0.2) is 0 Å². The molecule has 1 amide bonds. The van der Waals surface area contributed by atoms with Gasteiger partial charge in [-0.3, -0.25) is 9.78 Å². The first kappa shape index (κ1) is 19.3. The van der Waals surface area contributed by atoms with Crippen LogP contribution in [0.1, 0.15) is 51.1 Å². The molecular formula is C21H34N4O. The van der Waals surface area contributed by atoms with E-state index in [0.717, 1.165) is 51.1 Å². The second-order valence-corrected chi connectivity index (χ2v) is 7.95. The molecule has 0 aliphatic carbocycles. The van der Waals surface area contributed by atoms with Gasteiger partial charge < -0.3 is 15.5 Å². The molecule has 2 saturated heterocycles. The van der Waals surface area contributed by atoms with Crippen LogP contribution in [-0.4, -0.2) is 48.0 Å². The molecule has 0 spiro atoms. The summed E-state index contributed by atoms with van der Waals surface area (Å²) in [5.74, 6) is 1.45. The van der Waals surface area contributed by atoms with Crippen molar-refractivity contribution in [2.75, 3.05) is 26.2 Å². The van der Waals surface area contributed by atoms with Gasteiger partial charge in [0.1, 0.15) is 0 Å². The number of hydrogen-bond acceptors (Lipinski definition) is 4. The van der Waals surface area contributed by atoms with E-state index in [9.17, 15) is 4.79 Å². The average molecular weight is 359 g/mol. The van der Waals surface area contributed by atoms with Crippen molar-refractivity contribution in [2.24, 2.45) is 11.8 Å². The summed E-state index contributed by atoms with van der Waals surface area (Å²) in [4.78, 5) is 19.9. The van der Waals surface area contributed by atoms with E-state index in [1.165, 1.54) is 12.8 Å². The predicted octanol–water partition coefficient (Wildman–Crippen LogP) is 2.58. The van der Waals surface area contributed by atoms with Crippen LogP contribution in [-0.2, 0) is 11.3 Å². The zero-order valence-electron chi connectivity index (χ0n) is 16.1. The van der Waals surface area contributed by atoms with Crippen LogP contribution in [0.25, 0.3) is 0 Å². The van der Waals surface area contributed by atoms with Gasteiger partial charge in [0.15, 0.2) is 0 Å². The van der Waals surface area contributed by atoms with Crippen LogP contribution in [0.15, 0.2) is 24.4 Å². The van der Waals surface area contributed by atoms with Crippen molar-refractivity contribution in [3.8, 4) is 0 Å². The molecular weight excluding hydrogens is 324 g/mol. The highest BCUT2D eigenvalue weighted by Crippen LogP contribution is 2.26. The first-order chi connectivity index (χ1) is 12.7. The van der Waals surface area contributed by atoms with E-state index in [1.54, 1.807) is 0 Å². The topological polar surface area (TPSA) is 57.3 Å². The van der Waals surface area contributed by atoms with Gasteiger partial charge in [0.2, 0.25) is 5.91 Å². The molecule has 2 unspecified atom stereocenters. The Hall–Kier alpha value is -1.46. The fraction of sp³-hybridized carbons (Fsp3) is 0.714. The molecule has 0 radical (unpaired) electrons. The lowest BCUT2D eigenvalue weighted by Gasteiger charge is -2.34. The maximum absolute atomic E-state index is 13.3. The Balaban J connectivity index is 1.67. The number of piperidine rings is 1. The van der Waals surface area contributed by atoms with Crippen LogP contribution in [0.2, 0.25) is 0 Å². The van der Waals surface area contributed by atoms with E-state index in [0.29, 0.717) is 36.8 Å². The Morgan fingerprint density at radius 2 is 1.92 bits per heavy atom. The van der Waals surface area contributed by atoms with E-state index in [2.05, 4.69) is 27.4 Å². The van der Waals surface area contributed by atoms with Crippen molar-refractivity contribution in [1.82, 2.24) is 20.5 Å². The minimum absolute atomic E-state index is 0.314. The van der Waals surface area contributed by atoms with Crippen molar-refractivity contribution >= 4 is 5.91 Å². The number of hydrogen-bond donors (Lipinski definition) is 2. The van der Waals surface area contributed by atoms with Gasteiger partial charge in [-0.05, 0) is 82.3 Å². The number of nitrogens with zero attached hydrogens (tertiary/aromatic N) is 2.